The minimum atomic E-state index is -0.678. The van der Waals surface area contributed by atoms with Crippen LogP contribution in [0.5, 0.6) is 5.75 Å². The van der Waals surface area contributed by atoms with Gasteiger partial charge in [-0.2, -0.15) is 0 Å². The normalized spacial score (nSPS) is 17.8. The van der Waals surface area contributed by atoms with E-state index in [4.69, 9.17) is 11.6 Å². The lowest BCUT2D eigenvalue weighted by Crippen LogP contribution is -2.46. The quantitative estimate of drug-likeness (QED) is 0.518. The van der Waals surface area contributed by atoms with E-state index in [0.29, 0.717) is 29.4 Å². The first-order chi connectivity index (χ1) is 16.2. The van der Waals surface area contributed by atoms with E-state index in [0.717, 1.165) is 0 Å². The Morgan fingerprint density at radius 2 is 2.00 bits per heavy atom. The molecule has 178 valence electrons. The van der Waals surface area contributed by atoms with Crippen molar-refractivity contribution >= 4 is 40.1 Å². The number of carbonyl (C=O) groups is 3. The molecule has 0 spiro atoms. The molecule has 1 fully saturated rings. The topological polar surface area (TPSA) is 91.6 Å². The molecule has 2 heterocycles. The predicted octanol–water partition coefficient (Wildman–Crippen LogP) is 3.90. The van der Waals surface area contributed by atoms with Crippen molar-refractivity contribution in [3.05, 3.63) is 64.6 Å². The molecule has 2 atom stereocenters. The van der Waals surface area contributed by atoms with Gasteiger partial charge in [-0.25, -0.2) is 4.39 Å². The van der Waals surface area contributed by atoms with E-state index in [-0.39, 0.29) is 52.9 Å². The molecule has 1 aromatic heterocycles. The first kappa shape index (κ1) is 23.8. The highest BCUT2D eigenvalue weighted by Gasteiger charge is 2.37. The summed E-state index contributed by atoms with van der Waals surface area (Å²) in [5.41, 5.74) is 1.32. The number of Topliss-reactive ketones (excluding diaryl/α,β-unsaturated/α-hetero) is 1. The van der Waals surface area contributed by atoms with Crippen molar-refractivity contribution in [2.24, 2.45) is 5.92 Å². The molecule has 0 radical (unpaired) electrons. The molecule has 2 aromatic carbocycles. The number of aromatic hydroxyl groups is 1. The number of hydrogen-bond acceptors (Lipinski definition) is 4. The van der Waals surface area contributed by atoms with Crippen molar-refractivity contribution in [2.75, 3.05) is 6.54 Å². The van der Waals surface area contributed by atoms with E-state index < -0.39 is 11.9 Å². The minimum absolute atomic E-state index is 0.0183. The highest BCUT2D eigenvalue weighted by Crippen LogP contribution is 2.28. The summed E-state index contributed by atoms with van der Waals surface area (Å²) in [7, 11) is 0. The Labute approximate surface area is 201 Å². The van der Waals surface area contributed by atoms with Gasteiger partial charge in [-0.1, -0.05) is 30.7 Å². The Hall–Kier alpha value is -3.39. The lowest BCUT2D eigenvalue weighted by molar-refractivity contribution is -0.138. The smallest absolute Gasteiger partial charge is 0.243 e. The monoisotopic (exact) mass is 485 g/mol. The average molecular weight is 486 g/mol. The van der Waals surface area contributed by atoms with Gasteiger partial charge in [0.1, 0.15) is 24.2 Å². The Morgan fingerprint density at radius 3 is 2.74 bits per heavy atom. The highest BCUT2D eigenvalue weighted by atomic mass is 35.5. The first-order valence-electron chi connectivity index (χ1n) is 11.0. The number of nitrogens with one attached hydrogen (secondary N) is 1. The molecule has 1 saturated heterocycles. The minimum Gasteiger partial charge on any atom is -0.508 e. The van der Waals surface area contributed by atoms with Crippen LogP contribution in [-0.2, 0) is 22.7 Å². The zero-order valence-corrected chi connectivity index (χ0v) is 19.6. The van der Waals surface area contributed by atoms with Crippen LogP contribution in [0.15, 0.2) is 42.6 Å². The standard InChI is InChI=1S/C25H25ClFN3O4/c1-14-8-22(25(34)28-10-16-4-3-5-20(26)24(16)27)30(11-14)23(33)13-29-12-19(15(2)31)18-9-17(32)6-7-21(18)29/h3-7,9,12,14,22,32H,8,10-11,13H2,1-2H3,(H,28,34). The fourth-order valence-electron chi connectivity index (χ4n) is 4.49. The number of phenols is 1. The Kier molecular flexibility index (Phi) is 6.61. The molecule has 7 nitrogen and oxygen atoms in total. The molecule has 2 unspecified atom stereocenters. The van der Waals surface area contributed by atoms with Gasteiger partial charge < -0.3 is 19.9 Å². The Bertz CT molecular complexity index is 1290. The van der Waals surface area contributed by atoms with Crippen LogP contribution in [0.4, 0.5) is 4.39 Å². The molecular formula is C25H25ClFN3O4. The maximum Gasteiger partial charge on any atom is 0.243 e. The number of ketones is 1. The van der Waals surface area contributed by atoms with E-state index >= 15 is 0 Å². The largest absolute Gasteiger partial charge is 0.508 e. The van der Waals surface area contributed by atoms with E-state index in [9.17, 15) is 23.9 Å². The summed E-state index contributed by atoms with van der Waals surface area (Å²) in [6.07, 6.45) is 2.09. The van der Waals surface area contributed by atoms with Gasteiger partial charge in [-0.3, -0.25) is 14.4 Å². The van der Waals surface area contributed by atoms with Crippen LogP contribution >= 0.6 is 11.6 Å². The number of aromatic nitrogens is 1. The van der Waals surface area contributed by atoms with Crippen LogP contribution in [-0.4, -0.2) is 44.8 Å². The predicted molar refractivity (Wildman–Crippen MR) is 126 cm³/mol. The van der Waals surface area contributed by atoms with Gasteiger partial charge in [0.2, 0.25) is 11.8 Å². The molecular weight excluding hydrogens is 461 g/mol. The van der Waals surface area contributed by atoms with E-state index in [2.05, 4.69) is 5.32 Å². The fourth-order valence-corrected chi connectivity index (χ4v) is 4.68. The third-order valence-corrected chi connectivity index (χ3v) is 6.46. The molecule has 0 aliphatic carbocycles. The number of carbonyl (C=O) groups excluding carboxylic acids is 3. The van der Waals surface area contributed by atoms with Gasteiger partial charge in [-0.15, -0.1) is 0 Å². The summed E-state index contributed by atoms with van der Waals surface area (Å²) in [5.74, 6) is -1.23. The van der Waals surface area contributed by atoms with Gasteiger partial charge in [0.15, 0.2) is 5.78 Å². The molecule has 3 aromatic rings. The van der Waals surface area contributed by atoms with Crippen molar-refractivity contribution in [2.45, 2.75) is 39.4 Å². The third kappa shape index (κ3) is 4.63. The highest BCUT2D eigenvalue weighted by molar-refractivity contribution is 6.30. The summed E-state index contributed by atoms with van der Waals surface area (Å²) in [5, 5.41) is 13.1. The molecule has 2 amide bonds. The lowest BCUT2D eigenvalue weighted by Gasteiger charge is -2.24. The molecule has 0 saturated carbocycles. The summed E-state index contributed by atoms with van der Waals surface area (Å²) >= 11 is 5.81. The number of fused-ring (bicyclic) bond motifs is 1. The SMILES string of the molecule is CC(=O)c1cn(CC(=O)N2CC(C)CC2C(=O)NCc2cccc(Cl)c2F)c2ccc(O)cc12. The second kappa shape index (κ2) is 9.46. The third-order valence-electron chi connectivity index (χ3n) is 6.17. The molecule has 9 heteroatoms. The number of phenolic OH excluding ortho intramolecular Hbond substituents is 1. The maximum absolute atomic E-state index is 14.2. The number of hydrogen-bond donors (Lipinski definition) is 2. The number of halogens is 2. The fraction of sp³-hybridized carbons (Fsp3) is 0.320. The number of amides is 2. The molecule has 34 heavy (non-hydrogen) atoms. The van der Waals surface area contributed by atoms with Crippen LogP contribution in [0.3, 0.4) is 0 Å². The number of benzene rings is 2. The van der Waals surface area contributed by atoms with Crippen LogP contribution in [0, 0.1) is 11.7 Å². The molecule has 2 N–H and O–H groups in total. The van der Waals surface area contributed by atoms with Crippen LogP contribution < -0.4 is 5.32 Å². The number of likely N-dealkylation sites (tertiary alicyclic amines) is 1. The van der Waals surface area contributed by atoms with E-state index in [1.54, 1.807) is 29.0 Å². The lowest BCUT2D eigenvalue weighted by atomic mass is 10.1. The van der Waals surface area contributed by atoms with Gasteiger partial charge in [-0.05, 0) is 43.5 Å². The summed E-state index contributed by atoms with van der Waals surface area (Å²) < 4.78 is 15.8. The van der Waals surface area contributed by atoms with Crippen molar-refractivity contribution in [3.8, 4) is 5.75 Å². The molecule has 1 aliphatic heterocycles. The van der Waals surface area contributed by atoms with Crippen molar-refractivity contribution in [1.29, 1.82) is 0 Å². The van der Waals surface area contributed by atoms with E-state index in [1.807, 2.05) is 6.92 Å². The number of nitrogens with zero attached hydrogens (tertiary/aromatic N) is 2. The second-order valence-electron chi connectivity index (χ2n) is 8.76. The zero-order chi connectivity index (χ0) is 24.6. The van der Waals surface area contributed by atoms with Crippen molar-refractivity contribution in [3.63, 3.8) is 0 Å². The van der Waals surface area contributed by atoms with Gasteiger partial charge in [0, 0.05) is 41.3 Å². The van der Waals surface area contributed by atoms with E-state index in [1.165, 1.54) is 30.0 Å². The summed E-state index contributed by atoms with van der Waals surface area (Å²) in [6, 6.07) is 8.56. The Morgan fingerprint density at radius 1 is 1.24 bits per heavy atom. The second-order valence-corrected chi connectivity index (χ2v) is 9.17. The summed E-state index contributed by atoms with van der Waals surface area (Å²) in [4.78, 5) is 39.8. The first-order valence-corrected chi connectivity index (χ1v) is 11.4. The van der Waals surface area contributed by atoms with Crippen molar-refractivity contribution in [1.82, 2.24) is 14.8 Å². The Balaban J connectivity index is 1.51. The zero-order valence-electron chi connectivity index (χ0n) is 18.8. The number of rotatable bonds is 6. The van der Waals surface area contributed by atoms with Gasteiger partial charge in [0.25, 0.3) is 0 Å². The maximum atomic E-state index is 14.2. The van der Waals surface area contributed by atoms with Crippen LogP contribution in [0.1, 0.15) is 36.2 Å². The molecule has 4 rings (SSSR count). The summed E-state index contributed by atoms with van der Waals surface area (Å²) in [6.45, 7) is 3.71. The van der Waals surface area contributed by atoms with Crippen LogP contribution in [0.2, 0.25) is 5.02 Å². The van der Waals surface area contributed by atoms with Crippen LogP contribution in [0.25, 0.3) is 10.9 Å². The van der Waals surface area contributed by atoms with Crippen molar-refractivity contribution < 1.29 is 23.9 Å². The van der Waals surface area contributed by atoms with Gasteiger partial charge >= 0.3 is 0 Å². The average Bonchev–Trinajstić information content (AvgIpc) is 3.35. The molecule has 1 aliphatic rings. The molecule has 0 bridgehead atoms. The van der Waals surface area contributed by atoms with Gasteiger partial charge in [0.05, 0.1) is 5.02 Å².